The maximum atomic E-state index is 10.3. The van der Waals surface area contributed by atoms with Crippen molar-refractivity contribution in [1.82, 2.24) is 14.9 Å². The lowest BCUT2D eigenvalue weighted by atomic mass is 10.1. The number of nitrogens with zero attached hydrogens (tertiary/aromatic N) is 4. The molecule has 0 saturated carbocycles. The summed E-state index contributed by atoms with van der Waals surface area (Å²) in [7, 11) is 0. The molecule has 1 fully saturated rings. The third kappa shape index (κ3) is 3.74. The second-order valence-corrected chi connectivity index (χ2v) is 5.84. The molecule has 0 bridgehead atoms. The van der Waals surface area contributed by atoms with E-state index in [2.05, 4.69) is 19.8 Å². The Morgan fingerprint density at radius 2 is 1.68 bits per heavy atom. The Labute approximate surface area is 135 Å². The van der Waals surface area contributed by atoms with Crippen molar-refractivity contribution in [3.05, 3.63) is 53.3 Å². The number of aliphatic hydroxyl groups is 1. The number of halogens is 1. The number of benzene rings is 1. The van der Waals surface area contributed by atoms with Crippen LogP contribution in [0.3, 0.4) is 0 Å². The molecule has 0 amide bonds. The molecule has 1 aliphatic rings. The van der Waals surface area contributed by atoms with Crippen LogP contribution in [0.25, 0.3) is 0 Å². The van der Waals surface area contributed by atoms with Crippen LogP contribution in [-0.2, 0) is 0 Å². The highest BCUT2D eigenvalue weighted by Crippen LogP contribution is 2.18. The molecule has 0 radical (unpaired) electrons. The van der Waals surface area contributed by atoms with E-state index in [0.717, 1.165) is 37.7 Å². The van der Waals surface area contributed by atoms with E-state index in [4.69, 9.17) is 11.6 Å². The quantitative estimate of drug-likeness (QED) is 0.934. The average Bonchev–Trinajstić information content (AvgIpc) is 2.57. The van der Waals surface area contributed by atoms with Gasteiger partial charge in [0.1, 0.15) is 0 Å². The number of anilines is 1. The molecular weight excluding hydrogens is 300 g/mol. The third-order valence-corrected chi connectivity index (χ3v) is 4.15. The number of rotatable bonds is 4. The molecule has 2 aromatic rings. The van der Waals surface area contributed by atoms with Crippen molar-refractivity contribution in [2.45, 2.75) is 6.10 Å². The highest BCUT2D eigenvalue weighted by Gasteiger charge is 2.21. The number of piperazine rings is 1. The third-order valence-electron chi connectivity index (χ3n) is 3.89. The van der Waals surface area contributed by atoms with Crippen LogP contribution in [-0.4, -0.2) is 52.7 Å². The van der Waals surface area contributed by atoms with Gasteiger partial charge >= 0.3 is 0 Å². The molecule has 1 saturated heterocycles. The van der Waals surface area contributed by atoms with Crippen LogP contribution in [0.4, 0.5) is 5.95 Å². The molecule has 1 aromatic heterocycles. The van der Waals surface area contributed by atoms with Gasteiger partial charge in [0.25, 0.3) is 0 Å². The summed E-state index contributed by atoms with van der Waals surface area (Å²) in [6.07, 6.45) is 3.04. The molecule has 6 heteroatoms. The van der Waals surface area contributed by atoms with Gasteiger partial charge < -0.3 is 10.0 Å². The molecule has 5 nitrogen and oxygen atoms in total. The van der Waals surface area contributed by atoms with Gasteiger partial charge in [0.15, 0.2) is 0 Å². The molecule has 3 rings (SSSR count). The zero-order valence-corrected chi connectivity index (χ0v) is 13.0. The summed E-state index contributed by atoms with van der Waals surface area (Å²) in [5.74, 6) is 0.778. The number of hydrogen-bond donors (Lipinski definition) is 1. The summed E-state index contributed by atoms with van der Waals surface area (Å²) >= 11 is 5.87. The van der Waals surface area contributed by atoms with E-state index < -0.39 is 6.10 Å². The average molecular weight is 319 g/mol. The maximum Gasteiger partial charge on any atom is 0.225 e. The fourth-order valence-electron chi connectivity index (χ4n) is 2.62. The van der Waals surface area contributed by atoms with Crippen LogP contribution in [0.5, 0.6) is 0 Å². The van der Waals surface area contributed by atoms with Crippen molar-refractivity contribution in [2.24, 2.45) is 0 Å². The molecule has 1 aliphatic heterocycles. The molecule has 1 aromatic carbocycles. The second-order valence-electron chi connectivity index (χ2n) is 5.40. The zero-order valence-electron chi connectivity index (χ0n) is 12.3. The minimum Gasteiger partial charge on any atom is -0.387 e. The van der Waals surface area contributed by atoms with Crippen molar-refractivity contribution >= 4 is 17.5 Å². The van der Waals surface area contributed by atoms with E-state index in [1.54, 1.807) is 12.4 Å². The normalized spacial score (nSPS) is 17.5. The van der Waals surface area contributed by atoms with Crippen LogP contribution in [0.1, 0.15) is 11.7 Å². The first kappa shape index (κ1) is 15.2. The van der Waals surface area contributed by atoms with Gasteiger partial charge in [0, 0.05) is 50.1 Å². The Morgan fingerprint density at radius 1 is 1.05 bits per heavy atom. The lowest BCUT2D eigenvalue weighted by Crippen LogP contribution is -2.48. The van der Waals surface area contributed by atoms with E-state index in [1.807, 2.05) is 30.3 Å². The molecule has 0 aliphatic carbocycles. The molecule has 0 spiro atoms. The van der Waals surface area contributed by atoms with E-state index in [1.165, 1.54) is 0 Å². The van der Waals surface area contributed by atoms with Crippen molar-refractivity contribution in [2.75, 3.05) is 37.6 Å². The molecule has 1 N–H and O–H groups in total. The largest absolute Gasteiger partial charge is 0.387 e. The standard InChI is InChI=1S/C16H19ClN4O/c17-14-4-2-13(3-5-14)15(22)12-20-8-10-21(11-9-20)16-18-6-1-7-19-16/h1-7,15,22H,8-12H2/t15-/m1/s1. The van der Waals surface area contributed by atoms with Crippen LogP contribution in [0, 0.1) is 0 Å². The van der Waals surface area contributed by atoms with Gasteiger partial charge in [-0.2, -0.15) is 0 Å². The van der Waals surface area contributed by atoms with E-state index in [-0.39, 0.29) is 0 Å². The van der Waals surface area contributed by atoms with E-state index >= 15 is 0 Å². The SMILES string of the molecule is O[C@H](CN1CCN(c2ncccn2)CC1)c1ccc(Cl)cc1. The van der Waals surface area contributed by atoms with Crippen LogP contribution in [0.15, 0.2) is 42.7 Å². The number of hydrogen-bond acceptors (Lipinski definition) is 5. The number of aromatic nitrogens is 2. The van der Waals surface area contributed by atoms with Crippen molar-refractivity contribution in [1.29, 1.82) is 0 Å². The predicted octanol–water partition coefficient (Wildman–Crippen LogP) is 1.99. The van der Waals surface area contributed by atoms with Gasteiger partial charge in [0.2, 0.25) is 5.95 Å². The lowest BCUT2D eigenvalue weighted by molar-refractivity contribution is 0.109. The van der Waals surface area contributed by atoms with Gasteiger partial charge in [-0.25, -0.2) is 9.97 Å². The highest BCUT2D eigenvalue weighted by atomic mass is 35.5. The van der Waals surface area contributed by atoms with Gasteiger partial charge in [-0.3, -0.25) is 4.90 Å². The molecular formula is C16H19ClN4O. The topological polar surface area (TPSA) is 52.5 Å². The molecule has 1 atom stereocenters. The summed E-state index contributed by atoms with van der Waals surface area (Å²) in [5.41, 5.74) is 0.901. The van der Waals surface area contributed by atoms with Gasteiger partial charge in [-0.05, 0) is 23.8 Å². The molecule has 116 valence electrons. The van der Waals surface area contributed by atoms with Crippen LogP contribution >= 0.6 is 11.6 Å². The van der Waals surface area contributed by atoms with E-state index in [0.29, 0.717) is 11.6 Å². The first-order chi connectivity index (χ1) is 10.7. The van der Waals surface area contributed by atoms with Crippen LogP contribution in [0.2, 0.25) is 5.02 Å². The molecule has 0 unspecified atom stereocenters. The number of β-amino-alcohol motifs (C(OH)–C–C–N with tert-alkyl or cyclic N) is 1. The Hall–Kier alpha value is -1.69. The predicted molar refractivity (Wildman–Crippen MR) is 87.1 cm³/mol. The highest BCUT2D eigenvalue weighted by molar-refractivity contribution is 6.30. The fraction of sp³-hybridized carbons (Fsp3) is 0.375. The Kier molecular flexibility index (Phi) is 4.87. The summed E-state index contributed by atoms with van der Waals surface area (Å²) in [5, 5.41) is 11.0. The Bertz CT molecular complexity index is 585. The molecule has 2 heterocycles. The summed E-state index contributed by atoms with van der Waals surface area (Å²) in [6, 6.07) is 9.19. The van der Waals surface area contributed by atoms with Gasteiger partial charge in [-0.1, -0.05) is 23.7 Å². The fourth-order valence-corrected chi connectivity index (χ4v) is 2.75. The van der Waals surface area contributed by atoms with Crippen molar-refractivity contribution < 1.29 is 5.11 Å². The second kappa shape index (κ2) is 7.05. The van der Waals surface area contributed by atoms with Crippen molar-refractivity contribution in [3.63, 3.8) is 0 Å². The first-order valence-corrected chi connectivity index (χ1v) is 7.78. The first-order valence-electron chi connectivity index (χ1n) is 7.40. The maximum absolute atomic E-state index is 10.3. The molecule has 22 heavy (non-hydrogen) atoms. The Morgan fingerprint density at radius 3 is 2.32 bits per heavy atom. The summed E-state index contributed by atoms with van der Waals surface area (Å²) < 4.78 is 0. The van der Waals surface area contributed by atoms with Gasteiger partial charge in [0.05, 0.1) is 6.10 Å². The zero-order chi connectivity index (χ0) is 15.4. The minimum atomic E-state index is -0.489. The van der Waals surface area contributed by atoms with E-state index in [9.17, 15) is 5.11 Å². The number of aliphatic hydroxyl groups excluding tert-OH is 1. The van der Waals surface area contributed by atoms with Crippen LogP contribution < -0.4 is 4.90 Å². The summed E-state index contributed by atoms with van der Waals surface area (Å²) in [4.78, 5) is 13.0. The van der Waals surface area contributed by atoms with Gasteiger partial charge in [-0.15, -0.1) is 0 Å². The Balaban J connectivity index is 1.52. The van der Waals surface area contributed by atoms with Crippen molar-refractivity contribution in [3.8, 4) is 0 Å². The summed E-state index contributed by atoms with van der Waals surface area (Å²) in [6.45, 7) is 4.16. The smallest absolute Gasteiger partial charge is 0.225 e. The lowest BCUT2D eigenvalue weighted by Gasteiger charge is -2.35. The monoisotopic (exact) mass is 318 g/mol. The minimum absolute atomic E-state index is 0.489.